The number of ether oxygens (including phenoxy) is 1. The summed E-state index contributed by atoms with van der Waals surface area (Å²) in [4.78, 5) is 16.8. The minimum atomic E-state index is -1.09. The van der Waals surface area contributed by atoms with Gasteiger partial charge in [0.15, 0.2) is 17.3 Å². The van der Waals surface area contributed by atoms with E-state index >= 15 is 0 Å². The molecular weight excluding hydrogens is 364 g/mol. The number of carbonyl (C=O) groups excluding carboxylic acids is 1. The lowest BCUT2D eigenvalue weighted by Gasteiger charge is -2.22. The summed E-state index contributed by atoms with van der Waals surface area (Å²) in [6.07, 6.45) is 3.75. The van der Waals surface area contributed by atoms with E-state index in [0.29, 0.717) is 35.6 Å². The first-order valence-electron chi connectivity index (χ1n) is 8.53. The number of hydrogen-bond donors (Lipinski definition) is 1. The third-order valence-electron chi connectivity index (χ3n) is 4.20. The van der Waals surface area contributed by atoms with Crippen molar-refractivity contribution in [2.45, 2.75) is 13.5 Å². The van der Waals surface area contributed by atoms with E-state index in [2.05, 4.69) is 16.9 Å². The molecule has 1 N–H and O–H groups in total. The van der Waals surface area contributed by atoms with Crippen LogP contribution in [0.5, 0.6) is 11.5 Å². The number of benzene rings is 2. The first-order chi connectivity index (χ1) is 13.4. The quantitative estimate of drug-likeness (QED) is 0.589. The maximum atomic E-state index is 14.2. The highest BCUT2D eigenvalue weighted by Gasteiger charge is 2.22. The van der Waals surface area contributed by atoms with Crippen LogP contribution in [0.15, 0.2) is 54.2 Å². The number of hydrogen-bond acceptors (Lipinski definition) is 4. The SMILES string of the molecule is C=C/C(=C\N(C)C=O)c1ccc2c(c1Oc1cccc(F)c1F)N=C(C)NC2. The molecule has 2 aromatic carbocycles. The molecule has 1 aliphatic rings. The third kappa shape index (κ3) is 3.78. The van der Waals surface area contributed by atoms with Gasteiger partial charge in [0.25, 0.3) is 0 Å². The summed E-state index contributed by atoms with van der Waals surface area (Å²) in [6, 6.07) is 7.36. The average molecular weight is 383 g/mol. The zero-order chi connectivity index (χ0) is 20.3. The number of rotatable bonds is 6. The summed E-state index contributed by atoms with van der Waals surface area (Å²) < 4.78 is 33.7. The lowest BCUT2D eigenvalue weighted by atomic mass is 10.00. The molecule has 144 valence electrons. The molecule has 0 saturated heterocycles. The number of carbonyl (C=O) groups is 1. The Balaban J connectivity index is 2.22. The van der Waals surface area contributed by atoms with Crippen LogP contribution in [0.3, 0.4) is 0 Å². The van der Waals surface area contributed by atoms with Gasteiger partial charge >= 0.3 is 0 Å². The standard InChI is InChI=1S/C21H19F2N3O2/c1-4-14(11-26(3)12-27)16-9-8-15-10-24-13(2)25-20(15)21(16)28-18-7-5-6-17(22)19(18)23/h4-9,11-12H,1,10H2,2-3H3,(H,24,25)/b14-11+. The zero-order valence-electron chi connectivity index (χ0n) is 15.5. The summed E-state index contributed by atoms with van der Waals surface area (Å²) in [6.45, 7) is 6.10. The van der Waals surface area contributed by atoms with Gasteiger partial charge in [0, 0.05) is 36.5 Å². The molecule has 1 aliphatic heterocycles. The van der Waals surface area contributed by atoms with Crippen molar-refractivity contribution in [3.63, 3.8) is 0 Å². The van der Waals surface area contributed by atoms with Gasteiger partial charge in [-0.2, -0.15) is 4.39 Å². The summed E-state index contributed by atoms with van der Waals surface area (Å²) in [5.41, 5.74) is 2.47. The highest BCUT2D eigenvalue weighted by Crippen LogP contribution is 2.43. The molecule has 0 aliphatic carbocycles. The van der Waals surface area contributed by atoms with E-state index < -0.39 is 11.6 Å². The number of fused-ring (bicyclic) bond motifs is 1. The van der Waals surface area contributed by atoms with E-state index in [-0.39, 0.29) is 11.5 Å². The number of nitrogens with zero attached hydrogens (tertiary/aromatic N) is 2. The maximum Gasteiger partial charge on any atom is 0.213 e. The molecule has 0 bridgehead atoms. The Morgan fingerprint density at radius 1 is 1.32 bits per heavy atom. The molecule has 2 aromatic rings. The molecular formula is C21H19F2N3O2. The lowest BCUT2D eigenvalue weighted by molar-refractivity contribution is -0.114. The Morgan fingerprint density at radius 3 is 2.82 bits per heavy atom. The van der Waals surface area contributed by atoms with E-state index in [1.807, 2.05) is 6.07 Å². The van der Waals surface area contributed by atoms with Crippen molar-refractivity contribution in [3.05, 3.63) is 71.9 Å². The number of amides is 1. The topological polar surface area (TPSA) is 53.9 Å². The van der Waals surface area contributed by atoms with Crippen molar-refractivity contribution < 1.29 is 18.3 Å². The Kier molecular flexibility index (Phi) is 5.54. The second-order valence-electron chi connectivity index (χ2n) is 6.21. The van der Waals surface area contributed by atoms with Crippen LogP contribution in [-0.2, 0) is 11.3 Å². The molecule has 1 heterocycles. The maximum absolute atomic E-state index is 14.2. The predicted octanol–water partition coefficient (Wildman–Crippen LogP) is 4.53. The van der Waals surface area contributed by atoms with Crippen molar-refractivity contribution in [2.75, 3.05) is 7.05 Å². The normalized spacial score (nSPS) is 13.1. The Bertz CT molecular complexity index is 999. The van der Waals surface area contributed by atoms with Gasteiger partial charge in [-0.25, -0.2) is 9.38 Å². The van der Waals surface area contributed by atoms with Gasteiger partial charge in [0.1, 0.15) is 5.69 Å². The summed E-state index contributed by atoms with van der Waals surface area (Å²) in [5, 5.41) is 3.12. The number of halogens is 2. The highest BCUT2D eigenvalue weighted by molar-refractivity contribution is 5.89. The molecule has 7 heteroatoms. The molecule has 0 aromatic heterocycles. The minimum absolute atomic E-state index is 0.256. The molecule has 3 rings (SSSR count). The predicted molar refractivity (Wildman–Crippen MR) is 104 cm³/mol. The highest BCUT2D eigenvalue weighted by atomic mass is 19.2. The first-order valence-corrected chi connectivity index (χ1v) is 8.53. The van der Waals surface area contributed by atoms with Crippen molar-refractivity contribution in [1.29, 1.82) is 0 Å². The fourth-order valence-corrected chi connectivity index (χ4v) is 2.79. The molecule has 28 heavy (non-hydrogen) atoms. The van der Waals surface area contributed by atoms with Gasteiger partial charge in [-0.1, -0.05) is 30.9 Å². The van der Waals surface area contributed by atoms with E-state index in [9.17, 15) is 13.6 Å². The second-order valence-corrected chi connectivity index (χ2v) is 6.21. The third-order valence-corrected chi connectivity index (χ3v) is 4.20. The van der Waals surface area contributed by atoms with Crippen molar-refractivity contribution >= 4 is 23.5 Å². The van der Waals surface area contributed by atoms with Gasteiger partial charge in [-0.05, 0) is 19.1 Å². The molecule has 0 unspecified atom stereocenters. The minimum Gasteiger partial charge on any atom is -0.451 e. The number of nitrogens with one attached hydrogen (secondary N) is 1. The Morgan fingerprint density at radius 2 is 2.11 bits per heavy atom. The largest absolute Gasteiger partial charge is 0.451 e. The first kappa shape index (κ1) is 19.3. The van der Waals surface area contributed by atoms with Crippen molar-refractivity contribution in [3.8, 4) is 11.5 Å². The molecule has 0 radical (unpaired) electrons. The lowest BCUT2D eigenvalue weighted by Crippen LogP contribution is -2.23. The van der Waals surface area contributed by atoms with Crippen LogP contribution in [0.1, 0.15) is 18.1 Å². The summed E-state index contributed by atoms with van der Waals surface area (Å²) >= 11 is 0. The van der Waals surface area contributed by atoms with Crippen LogP contribution in [0.4, 0.5) is 14.5 Å². The van der Waals surface area contributed by atoms with Gasteiger partial charge in [-0.15, -0.1) is 0 Å². The van der Waals surface area contributed by atoms with E-state index in [4.69, 9.17) is 4.74 Å². The zero-order valence-corrected chi connectivity index (χ0v) is 15.5. The van der Waals surface area contributed by atoms with Gasteiger partial charge in [0.2, 0.25) is 12.2 Å². The van der Waals surface area contributed by atoms with Crippen LogP contribution >= 0.6 is 0 Å². The van der Waals surface area contributed by atoms with Crippen LogP contribution in [-0.4, -0.2) is 24.2 Å². The number of aliphatic imine (C=N–C) groups is 1. The van der Waals surface area contributed by atoms with Crippen LogP contribution in [0.2, 0.25) is 0 Å². The summed E-state index contributed by atoms with van der Waals surface area (Å²) in [7, 11) is 1.58. The van der Waals surface area contributed by atoms with Crippen LogP contribution in [0, 0.1) is 11.6 Å². The van der Waals surface area contributed by atoms with Gasteiger partial charge < -0.3 is 15.0 Å². The molecule has 0 saturated carbocycles. The van der Waals surface area contributed by atoms with E-state index in [0.717, 1.165) is 11.6 Å². The molecule has 0 fully saturated rings. The summed E-state index contributed by atoms with van der Waals surface area (Å²) in [5.74, 6) is -1.43. The van der Waals surface area contributed by atoms with Crippen LogP contribution < -0.4 is 10.1 Å². The number of amidine groups is 1. The molecule has 1 amide bonds. The van der Waals surface area contributed by atoms with Gasteiger partial charge in [-0.3, -0.25) is 4.79 Å². The van der Waals surface area contributed by atoms with Crippen molar-refractivity contribution in [1.82, 2.24) is 10.2 Å². The smallest absolute Gasteiger partial charge is 0.213 e. The molecule has 0 spiro atoms. The van der Waals surface area contributed by atoms with Crippen LogP contribution in [0.25, 0.3) is 5.57 Å². The average Bonchev–Trinajstić information content (AvgIpc) is 2.69. The number of allylic oxidation sites excluding steroid dienone is 2. The van der Waals surface area contributed by atoms with Crippen molar-refractivity contribution in [2.24, 2.45) is 4.99 Å². The molecule has 0 atom stereocenters. The Hall–Kier alpha value is -3.48. The Labute approximate surface area is 161 Å². The molecule has 5 nitrogen and oxygen atoms in total. The van der Waals surface area contributed by atoms with E-state index in [1.165, 1.54) is 17.0 Å². The fraction of sp³-hybridized carbons (Fsp3) is 0.143. The second kappa shape index (κ2) is 8.04. The fourth-order valence-electron chi connectivity index (χ4n) is 2.79. The van der Waals surface area contributed by atoms with Gasteiger partial charge in [0.05, 0.1) is 5.84 Å². The van der Waals surface area contributed by atoms with E-state index in [1.54, 1.807) is 32.3 Å². The monoisotopic (exact) mass is 383 g/mol.